The average molecular weight is 284 g/mol. The van der Waals surface area contributed by atoms with Crippen LogP contribution in [-0.4, -0.2) is 11.1 Å². The van der Waals surface area contributed by atoms with E-state index in [1.54, 1.807) is 0 Å². The first-order chi connectivity index (χ1) is 10.2. The van der Waals surface area contributed by atoms with E-state index in [-0.39, 0.29) is 11.9 Å². The van der Waals surface area contributed by atoms with Crippen LogP contribution in [0.25, 0.3) is 0 Å². The van der Waals surface area contributed by atoms with E-state index >= 15 is 0 Å². The summed E-state index contributed by atoms with van der Waals surface area (Å²) in [6.45, 7) is 3.78. The first kappa shape index (κ1) is 13.9. The maximum atomic E-state index is 12.6. The second-order valence-electron chi connectivity index (χ2n) is 5.54. The van der Waals surface area contributed by atoms with Crippen molar-refractivity contribution in [3.05, 3.63) is 52.4 Å². The highest BCUT2D eigenvalue weighted by atomic mass is 16.5. The summed E-state index contributed by atoms with van der Waals surface area (Å²) in [5, 5.41) is 7.06. The second-order valence-corrected chi connectivity index (χ2v) is 5.54. The molecule has 110 valence electrons. The lowest BCUT2D eigenvalue weighted by Gasteiger charge is -2.26. The molecule has 0 radical (unpaired) electrons. The normalized spacial score (nSPS) is 17.3. The Balaban J connectivity index is 1.84. The number of aryl methyl sites for hydroxylation is 3. The van der Waals surface area contributed by atoms with Gasteiger partial charge in [0.15, 0.2) is 0 Å². The molecule has 0 saturated carbocycles. The van der Waals surface area contributed by atoms with Gasteiger partial charge in [-0.25, -0.2) is 0 Å². The molecule has 4 heteroatoms. The Hall–Kier alpha value is -2.10. The summed E-state index contributed by atoms with van der Waals surface area (Å²) in [4.78, 5) is 12.6. The predicted octanol–water partition coefficient (Wildman–Crippen LogP) is 3.35. The van der Waals surface area contributed by atoms with Gasteiger partial charge in [0.2, 0.25) is 0 Å². The fraction of sp³-hybridized carbons (Fsp3) is 0.412. The molecule has 0 aliphatic heterocycles. The van der Waals surface area contributed by atoms with Crippen LogP contribution < -0.4 is 5.32 Å². The molecule has 0 bridgehead atoms. The van der Waals surface area contributed by atoms with E-state index in [0.717, 1.165) is 19.3 Å². The molecule has 0 spiro atoms. The second kappa shape index (κ2) is 5.72. The van der Waals surface area contributed by atoms with E-state index in [1.807, 2.05) is 19.9 Å². The van der Waals surface area contributed by atoms with Crippen molar-refractivity contribution in [3.8, 4) is 0 Å². The number of benzene rings is 1. The van der Waals surface area contributed by atoms with Crippen molar-refractivity contribution in [2.24, 2.45) is 0 Å². The van der Waals surface area contributed by atoms with Gasteiger partial charge < -0.3 is 9.84 Å². The van der Waals surface area contributed by atoms with Crippen molar-refractivity contribution in [1.29, 1.82) is 0 Å². The molecular formula is C17H20N2O2. The standard InChI is InChI=1S/C17H20N2O2/c1-3-15-16(11(2)19-21-15)17(20)18-14-10-6-8-12-7-4-5-9-13(12)14/h4-5,7,9,14H,3,6,8,10H2,1-2H3,(H,18,20). The number of carbonyl (C=O) groups excluding carboxylic acids is 1. The van der Waals surface area contributed by atoms with E-state index in [2.05, 4.69) is 28.7 Å². The Bertz CT molecular complexity index is 661. The molecule has 3 rings (SSSR count). The summed E-state index contributed by atoms with van der Waals surface area (Å²) in [6, 6.07) is 8.44. The van der Waals surface area contributed by atoms with E-state index in [4.69, 9.17) is 4.52 Å². The van der Waals surface area contributed by atoms with Crippen molar-refractivity contribution in [2.45, 2.75) is 45.6 Å². The number of nitrogens with zero attached hydrogens (tertiary/aromatic N) is 1. The number of hydrogen-bond donors (Lipinski definition) is 1. The fourth-order valence-corrected chi connectivity index (χ4v) is 3.08. The third-order valence-corrected chi connectivity index (χ3v) is 4.16. The maximum Gasteiger partial charge on any atom is 0.257 e. The molecule has 1 aliphatic rings. The number of hydrogen-bond acceptors (Lipinski definition) is 3. The maximum absolute atomic E-state index is 12.6. The van der Waals surface area contributed by atoms with Crippen molar-refractivity contribution >= 4 is 5.91 Å². The van der Waals surface area contributed by atoms with Gasteiger partial charge in [-0.15, -0.1) is 0 Å². The van der Waals surface area contributed by atoms with E-state index in [9.17, 15) is 4.79 Å². The van der Waals surface area contributed by atoms with E-state index < -0.39 is 0 Å². The highest BCUT2D eigenvalue weighted by Crippen LogP contribution is 2.30. The summed E-state index contributed by atoms with van der Waals surface area (Å²) < 4.78 is 5.21. The van der Waals surface area contributed by atoms with Crippen molar-refractivity contribution in [1.82, 2.24) is 10.5 Å². The van der Waals surface area contributed by atoms with Crippen molar-refractivity contribution in [2.75, 3.05) is 0 Å². The van der Waals surface area contributed by atoms with Gasteiger partial charge in [-0.2, -0.15) is 0 Å². The first-order valence-electron chi connectivity index (χ1n) is 7.54. The number of fused-ring (bicyclic) bond motifs is 1. The molecule has 1 aromatic carbocycles. The van der Waals surface area contributed by atoms with Crippen LogP contribution in [0.3, 0.4) is 0 Å². The topological polar surface area (TPSA) is 55.1 Å². The minimum atomic E-state index is -0.0766. The van der Waals surface area contributed by atoms with Crippen LogP contribution >= 0.6 is 0 Å². The van der Waals surface area contributed by atoms with Gasteiger partial charge >= 0.3 is 0 Å². The zero-order chi connectivity index (χ0) is 14.8. The molecule has 1 heterocycles. The highest BCUT2D eigenvalue weighted by molar-refractivity contribution is 5.96. The van der Waals surface area contributed by atoms with Crippen LogP contribution in [0.5, 0.6) is 0 Å². The number of nitrogens with one attached hydrogen (secondary N) is 1. The number of amides is 1. The molecule has 1 atom stereocenters. The molecule has 1 aromatic heterocycles. The molecule has 1 N–H and O–H groups in total. The Labute approximate surface area is 124 Å². The zero-order valence-corrected chi connectivity index (χ0v) is 12.5. The summed E-state index contributed by atoms with van der Waals surface area (Å²) in [7, 11) is 0. The number of carbonyl (C=O) groups is 1. The lowest BCUT2D eigenvalue weighted by atomic mass is 9.87. The third-order valence-electron chi connectivity index (χ3n) is 4.16. The summed E-state index contributed by atoms with van der Waals surface area (Å²) in [6.07, 6.45) is 3.85. The quantitative estimate of drug-likeness (QED) is 0.940. The SMILES string of the molecule is CCc1onc(C)c1C(=O)NC1CCCc2ccccc21. The molecule has 0 fully saturated rings. The molecule has 4 nitrogen and oxygen atoms in total. The summed E-state index contributed by atoms with van der Waals surface area (Å²) >= 11 is 0. The minimum Gasteiger partial charge on any atom is -0.360 e. The number of rotatable bonds is 3. The average Bonchev–Trinajstić information content (AvgIpc) is 2.88. The Morgan fingerprint density at radius 2 is 2.24 bits per heavy atom. The smallest absolute Gasteiger partial charge is 0.257 e. The minimum absolute atomic E-state index is 0.0766. The fourth-order valence-electron chi connectivity index (χ4n) is 3.08. The van der Waals surface area contributed by atoms with Crippen molar-refractivity contribution < 1.29 is 9.32 Å². The van der Waals surface area contributed by atoms with E-state index in [0.29, 0.717) is 23.4 Å². The van der Waals surface area contributed by atoms with Gasteiger partial charge in [0, 0.05) is 6.42 Å². The van der Waals surface area contributed by atoms with Gasteiger partial charge in [0.25, 0.3) is 5.91 Å². The Morgan fingerprint density at radius 3 is 3.05 bits per heavy atom. The Kier molecular flexibility index (Phi) is 3.78. The van der Waals surface area contributed by atoms with Crippen LogP contribution in [0.4, 0.5) is 0 Å². The first-order valence-corrected chi connectivity index (χ1v) is 7.54. The van der Waals surface area contributed by atoms with Crippen LogP contribution in [0, 0.1) is 6.92 Å². The van der Waals surface area contributed by atoms with Gasteiger partial charge in [0.1, 0.15) is 11.3 Å². The molecule has 1 unspecified atom stereocenters. The molecule has 2 aromatic rings. The molecule has 0 saturated heterocycles. The molecule has 1 amide bonds. The lowest BCUT2D eigenvalue weighted by molar-refractivity contribution is 0.0930. The number of aromatic nitrogens is 1. The van der Waals surface area contributed by atoms with Crippen LogP contribution in [0.15, 0.2) is 28.8 Å². The summed E-state index contributed by atoms with van der Waals surface area (Å²) in [5.74, 6) is 0.585. The molecule has 21 heavy (non-hydrogen) atoms. The van der Waals surface area contributed by atoms with E-state index in [1.165, 1.54) is 11.1 Å². The lowest BCUT2D eigenvalue weighted by Crippen LogP contribution is -2.31. The zero-order valence-electron chi connectivity index (χ0n) is 12.5. The highest BCUT2D eigenvalue weighted by Gasteiger charge is 2.25. The van der Waals surface area contributed by atoms with Crippen LogP contribution in [0.1, 0.15) is 58.7 Å². The molecule has 1 aliphatic carbocycles. The van der Waals surface area contributed by atoms with Gasteiger partial charge in [0.05, 0.1) is 11.7 Å². The van der Waals surface area contributed by atoms with Gasteiger partial charge in [-0.1, -0.05) is 36.3 Å². The Morgan fingerprint density at radius 1 is 1.43 bits per heavy atom. The third kappa shape index (κ3) is 2.58. The largest absolute Gasteiger partial charge is 0.360 e. The van der Waals surface area contributed by atoms with Crippen LogP contribution in [0.2, 0.25) is 0 Å². The summed E-state index contributed by atoms with van der Waals surface area (Å²) in [5.41, 5.74) is 3.84. The molecular weight excluding hydrogens is 264 g/mol. The monoisotopic (exact) mass is 284 g/mol. The van der Waals surface area contributed by atoms with Crippen molar-refractivity contribution in [3.63, 3.8) is 0 Å². The predicted molar refractivity (Wildman–Crippen MR) is 80.2 cm³/mol. The van der Waals surface area contributed by atoms with Gasteiger partial charge in [-0.05, 0) is 37.3 Å². The van der Waals surface area contributed by atoms with Crippen LogP contribution in [-0.2, 0) is 12.8 Å². The van der Waals surface area contributed by atoms with Gasteiger partial charge in [-0.3, -0.25) is 4.79 Å².